The first-order valence-corrected chi connectivity index (χ1v) is 6.10. The smallest absolute Gasteiger partial charge is 0.254 e. The quantitative estimate of drug-likeness (QED) is 0.807. The molecule has 0 fully saturated rings. The molecular formula is C13H20N2O3. The number of carbonyl (C=O) groups is 2. The van der Waals surface area contributed by atoms with Crippen LogP contribution in [0.15, 0.2) is 23.0 Å². The molecule has 0 saturated carbocycles. The second kappa shape index (κ2) is 6.83. The predicted molar refractivity (Wildman–Crippen MR) is 68.1 cm³/mol. The van der Waals surface area contributed by atoms with E-state index in [0.29, 0.717) is 18.0 Å². The van der Waals surface area contributed by atoms with Gasteiger partial charge in [-0.25, -0.2) is 0 Å². The van der Waals surface area contributed by atoms with Crippen molar-refractivity contribution in [1.29, 1.82) is 0 Å². The van der Waals surface area contributed by atoms with Gasteiger partial charge < -0.3 is 15.1 Å². The molecule has 5 heteroatoms. The predicted octanol–water partition coefficient (Wildman–Crippen LogP) is 1.56. The zero-order chi connectivity index (χ0) is 13.5. The first kappa shape index (κ1) is 14.3. The van der Waals surface area contributed by atoms with Gasteiger partial charge in [-0.3, -0.25) is 9.59 Å². The summed E-state index contributed by atoms with van der Waals surface area (Å²) in [6, 6.07) is 1.72. The Kier molecular flexibility index (Phi) is 5.42. The largest absolute Gasteiger partial charge is 0.472 e. The van der Waals surface area contributed by atoms with E-state index in [1.165, 1.54) is 12.5 Å². The first-order valence-electron chi connectivity index (χ1n) is 6.10. The Labute approximate surface area is 107 Å². The summed E-state index contributed by atoms with van der Waals surface area (Å²) >= 11 is 0. The molecule has 1 aromatic heterocycles. The number of amides is 2. The summed E-state index contributed by atoms with van der Waals surface area (Å²) in [5.41, 5.74) is 0.464. The van der Waals surface area contributed by atoms with Crippen LogP contribution in [-0.4, -0.2) is 24.4 Å². The molecular weight excluding hydrogens is 232 g/mol. The van der Waals surface area contributed by atoms with Gasteiger partial charge in [-0.2, -0.15) is 0 Å². The molecule has 0 aliphatic heterocycles. The maximum Gasteiger partial charge on any atom is 0.254 e. The molecule has 1 aromatic rings. The minimum atomic E-state index is -0.228. The van der Waals surface area contributed by atoms with E-state index in [2.05, 4.69) is 10.6 Å². The maximum atomic E-state index is 11.5. The van der Waals surface area contributed by atoms with Gasteiger partial charge >= 0.3 is 0 Å². The zero-order valence-electron chi connectivity index (χ0n) is 11.0. The molecule has 1 atom stereocenters. The molecule has 1 rings (SSSR count). The van der Waals surface area contributed by atoms with E-state index in [-0.39, 0.29) is 24.3 Å². The summed E-state index contributed by atoms with van der Waals surface area (Å²) < 4.78 is 4.80. The molecule has 0 radical (unpaired) electrons. The van der Waals surface area contributed by atoms with Crippen LogP contribution in [0, 0.1) is 5.92 Å². The van der Waals surface area contributed by atoms with E-state index in [1.807, 2.05) is 20.8 Å². The minimum Gasteiger partial charge on any atom is -0.472 e. The summed E-state index contributed by atoms with van der Waals surface area (Å²) in [4.78, 5) is 23.1. The molecule has 2 N–H and O–H groups in total. The fourth-order valence-corrected chi connectivity index (χ4v) is 1.28. The Hall–Kier alpha value is -1.78. The van der Waals surface area contributed by atoms with Crippen molar-refractivity contribution in [2.24, 2.45) is 5.92 Å². The third-order valence-electron chi connectivity index (χ3n) is 2.81. The Balaban J connectivity index is 2.22. The van der Waals surface area contributed by atoms with Crippen LogP contribution in [-0.2, 0) is 4.79 Å². The van der Waals surface area contributed by atoms with E-state index in [4.69, 9.17) is 4.42 Å². The van der Waals surface area contributed by atoms with Gasteiger partial charge in [0, 0.05) is 19.0 Å². The SMILES string of the molecule is CC(C)[C@@H](C)NC(=O)CCNC(=O)c1ccoc1. The van der Waals surface area contributed by atoms with Gasteiger partial charge in [0.1, 0.15) is 6.26 Å². The minimum absolute atomic E-state index is 0.0521. The molecule has 0 aliphatic carbocycles. The fourth-order valence-electron chi connectivity index (χ4n) is 1.28. The molecule has 18 heavy (non-hydrogen) atoms. The van der Waals surface area contributed by atoms with Crippen molar-refractivity contribution >= 4 is 11.8 Å². The van der Waals surface area contributed by atoms with Crippen LogP contribution >= 0.6 is 0 Å². The summed E-state index contributed by atoms with van der Waals surface area (Å²) in [5, 5.41) is 5.54. The average Bonchev–Trinajstić information content (AvgIpc) is 2.81. The van der Waals surface area contributed by atoms with Crippen LogP contribution in [0.5, 0.6) is 0 Å². The van der Waals surface area contributed by atoms with E-state index in [0.717, 1.165) is 0 Å². The van der Waals surface area contributed by atoms with Crippen molar-refractivity contribution < 1.29 is 14.0 Å². The number of carbonyl (C=O) groups excluding carboxylic acids is 2. The van der Waals surface area contributed by atoms with Crippen LogP contribution in [0.2, 0.25) is 0 Å². The van der Waals surface area contributed by atoms with Crippen molar-refractivity contribution in [3.63, 3.8) is 0 Å². The molecule has 0 spiro atoms. The molecule has 0 aliphatic rings. The van der Waals surface area contributed by atoms with Gasteiger partial charge in [0.05, 0.1) is 11.8 Å². The third kappa shape index (κ3) is 4.61. The van der Waals surface area contributed by atoms with E-state index < -0.39 is 0 Å². The fraction of sp³-hybridized carbons (Fsp3) is 0.538. The van der Waals surface area contributed by atoms with E-state index >= 15 is 0 Å². The lowest BCUT2D eigenvalue weighted by Crippen LogP contribution is -2.38. The third-order valence-corrected chi connectivity index (χ3v) is 2.81. The van der Waals surface area contributed by atoms with Crippen molar-refractivity contribution in [1.82, 2.24) is 10.6 Å². The highest BCUT2D eigenvalue weighted by molar-refractivity contribution is 5.94. The second-order valence-electron chi connectivity index (χ2n) is 4.62. The number of rotatable bonds is 6. The summed E-state index contributed by atoms with van der Waals surface area (Å²) in [6.45, 7) is 6.38. The zero-order valence-corrected chi connectivity index (χ0v) is 11.0. The van der Waals surface area contributed by atoms with Gasteiger partial charge in [0.15, 0.2) is 0 Å². The Morgan fingerprint density at radius 3 is 2.61 bits per heavy atom. The van der Waals surface area contributed by atoms with Gasteiger partial charge in [-0.05, 0) is 18.9 Å². The van der Waals surface area contributed by atoms with Crippen molar-refractivity contribution in [3.05, 3.63) is 24.2 Å². The highest BCUT2D eigenvalue weighted by atomic mass is 16.3. The van der Waals surface area contributed by atoms with Crippen LogP contribution in [0.25, 0.3) is 0 Å². The molecule has 1 heterocycles. The molecule has 0 unspecified atom stereocenters. The Bertz CT molecular complexity index is 385. The van der Waals surface area contributed by atoms with Crippen molar-refractivity contribution in [2.75, 3.05) is 6.54 Å². The first-order chi connectivity index (χ1) is 8.50. The highest BCUT2D eigenvalue weighted by Crippen LogP contribution is 2.00. The average molecular weight is 252 g/mol. The number of nitrogens with one attached hydrogen (secondary N) is 2. The van der Waals surface area contributed by atoms with Gasteiger partial charge in [0.2, 0.25) is 5.91 Å². The number of hydrogen-bond donors (Lipinski definition) is 2. The van der Waals surface area contributed by atoms with Crippen LogP contribution < -0.4 is 10.6 Å². The van der Waals surface area contributed by atoms with Gasteiger partial charge in [-0.15, -0.1) is 0 Å². The molecule has 2 amide bonds. The van der Waals surface area contributed by atoms with Crippen LogP contribution in [0.3, 0.4) is 0 Å². The topological polar surface area (TPSA) is 71.3 Å². The normalized spacial score (nSPS) is 12.2. The maximum absolute atomic E-state index is 11.5. The lowest BCUT2D eigenvalue weighted by molar-refractivity contribution is -0.121. The van der Waals surface area contributed by atoms with Crippen LogP contribution in [0.4, 0.5) is 0 Å². The highest BCUT2D eigenvalue weighted by Gasteiger charge is 2.11. The lowest BCUT2D eigenvalue weighted by atomic mass is 10.1. The Morgan fingerprint density at radius 2 is 2.06 bits per heavy atom. The Morgan fingerprint density at radius 1 is 1.33 bits per heavy atom. The van der Waals surface area contributed by atoms with Gasteiger partial charge in [-0.1, -0.05) is 13.8 Å². The van der Waals surface area contributed by atoms with E-state index in [9.17, 15) is 9.59 Å². The summed E-state index contributed by atoms with van der Waals surface area (Å²) in [7, 11) is 0. The second-order valence-corrected chi connectivity index (χ2v) is 4.62. The monoisotopic (exact) mass is 252 g/mol. The molecule has 0 bridgehead atoms. The van der Waals surface area contributed by atoms with Crippen LogP contribution in [0.1, 0.15) is 37.6 Å². The molecule has 0 saturated heterocycles. The molecule has 100 valence electrons. The standard InChI is InChI=1S/C13H20N2O3/c1-9(2)10(3)15-12(16)4-6-14-13(17)11-5-7-18-8-11/h5,7-10H,4,6H2,1-3H3,(H,14,17)(H,15,16)/t10-/m1/s1. The van der Waals surface area contributed by atoms with Crippen molar-refractivity contribution in [2.45, 2.75) is 33.2 Å². The van der Waals surface area contributed by atoms with Crippen molar-refractivity contribution in [3.8, 4) is 0 Å². The van der Waals surface area contributed by atoms with E-state index in [1.54, 1.807) is 6.07 Å². The molecule has 0 aromatic carbocycles. The number of furan rings is 1. The molecule has 5 nitrogen and oxygen atoms in total. The lowest BCUT2D eigenvalue weighted by Gasteiger charge is -2.17. The summed E-state index contributed by atoms with van der Waals surface area (Å²) in [6.07, 6.45) is 3.09. The summed E-state index contributed by atoms with van der Waals surface area (Å²) in [5.74, 6) is 0.117. The number of hydrogen-bond acceptors (Lipinski definition) is 3. The van der Waals surface area contributed by atoms with Gasteiger partial charge in [0.25, 0.3) is 5.91 Å².